The highest BCUT2D eigenvalue weighted by molar-refractivity contribution is 5.80. The van der Waals surface area contributed by atoms with Crippen molar-refractivity contribution in [1.82, 2.24) is 15.2 Å². The summed E-state index contributed by atoms with van der Waals surface area (Å²) >= 11 is 0. The van der Waals surface area contributed by atoms with Crippen LogP contribution in [0, 0.1) is 0 Å². The van der Waals surface area contributed by atoms with Crippen LogP contribution in [0.5, 0.6) is 0 Å². The zero-order valence-electron chi connectivity index (χ0n) is 14.8. The number of hydrogen-bond donors (Lipinski definition) is 1. The monoisotopic (exact) mass is 337 g/mol. The smallest absolute Gasteiger partial charge is 0.236 e. The van der Waals surface area contributed by atoms with E-state index in [1.807, 2.05) is 56.3 Å². The van der Waals surface area contributed by atoms with Gasteiger partial charge in [-0.25, -0.2) is 0 Å². The van der Waals surface area contributed by atoms with Crippen molar-refractivity contribution in [3.8, 4) is 0 Å². The Morgan fingerprint density at radius 1 is 1.20 bits per heavy atom. The van der Waals surface area contributed by atoms with E-state index in [0.29, 0.717) is 0 Å². The summed E-state index contributed by atoms with van der Waals surface area (Å²) in [6.07, 6.45) is 3.51. The molecule has 5 heteroatoms. The number of aromatic nitrogens is 1. The maximum atomic E-state index is 12.5. The number of rotatable bonds is 6. The summed E-state index contributed by atoms with van der Waals surface area (Å²) in [6, 6.07) is 13.7. The van der Waals surface area contributed by atoms with E-state index in [-0.39, 0.29) is 24.5 Å². The minimum Gasteiger partial charge on any atom is -0.459 e. The second kappa shape index (κ2) is 7.49. The number of hydrogen-bond acceptors (Lipinski definition) is 4. The van der Waals surface area contributed by atoms with Crippen LogP contribution < -0.4 is 5.32 Å². The Morgan fingerprint density at radius 3 is 2.64 bits per heavy atom. The van der Waals surface area contributed by atoms with Crippen molar-refractivity contribution in [3.05, 3.63) is 66.2 Å². The van der Waals surface area contributed by atoms with Crippen molar-refractivity contribution in [2.75, 3.05) is 13.6 Å². The molecule has 130 valence electrons. The molecule has 1 N–H and O–H groups in total. The number of nitrogens with zero attached hydrogens (tertiary/aromatic N) is 2. The number of benzene rings is 1. The highest BCUT2D eigenvalue weighted by Crippen LogP contribution is 2.26. The molecular formula is C20H23N3O2. The standard InChI is InChI=1S/C20H23N3O2/c1-14(16-8-10-21-11-9-16)22-13-20(24)23(3)15(2)19-12-17-6-4-5-7-18(17)25-19/h4-12,14-15,22H,13H2,1-3H3/t14-,15+/m1/s1. The van der Waals surface area contributed by atoms with Gasteiger partial charge in [0.05, 0.1) is 12.6 Å². The van der Waals surface area contributed by atoms with Gasteiger partial charge in [0.25, 0.3) is 0 Å². The van der Waals surface area contributed by atoms with Crippen LogP contribution in [0.2, 0.25) is 0 Å². The van der Waals surface area contributed by atoms with Crippen LogP contribution in [0.3, 0.4) is 0 Å². The number of furan rings is 1. The maximum absolute atomic E-state index is 12.5. The average molecular weight is 337 g/mol. The minimum atomic E-state index is -0.127. The average Bonchev–Trinajstić information content (AvgIpc) is 3.09. The lowest BCUT2D eigenvalue weighted by molar-refractivity contribution is -0.131. The van der Waals surface area contributed by atoms with E-state index in [2.05, 4.69) is 10.3 Å². The summed E-state index contributed by atoms with van der Waals surface area (Å²) in [5, 5.41) is 4.31. The van der Waals surface area contributed by atoms with Crippen molar-refractivity contribution in [2.24, 2.45) is 0 Å². The van der Waals surface area contributed by atoms with Crippen LogP contribution in [0.4, 0.5) is 0 Å². The number of nitrogens with one attached hydrogen (secondary N) is 1. The summed E-state index contributed by atoms with van der Waals surface area (Å²) in [6.45, 7) is 4.28. The van der Waals surface area contributed by atoms with Gasteiger partial charge in [-0.05, 0) is 43.7 Å². The molecule has 25 heavy (non-hydrogen) atoms. The Kier molecular flexibility index (Phi) is 5.14. The molecule has 0 aliphatic heterocycles. The van der Waals surface area contributed by atoms with Crippen molar-refractivity contribution in [3.63, 3.8) is 0 Å². The van der Waals surface area contributed by atoms with E-state index >= 15 is 0 Å². The molecule has 0 aliphatic rings. The molecule has 0 fully saturated rings. The third kappa shape index (κ3) is 3.88. The Labute approximate surface area is 147 Å². The predicted octanol–water partition coefficient (Wildman–Crippen LogP) is 3.70. The Bertz CT molecular complexity index is 811. The normalized spacial score (nSPS) is 13.6. The molecule has 0 unspecified atom stereocenters. The zero-order chi connectivity index (χ0) is 17.8. The van der Waals surface area contributed by atoms with Gasteiger partial charge in [0.15, 0.2) is 0 Å². The number of carbonyl (C=O) groups excluding carboxylic acids is 1. The van der Waals surface area contributed by atoms with Crippen molar-refractivity contribution >= 4 is 16.9 Å². The maximum Gasteiger partial charge on any atom is 0.236 e. The Morgan fingerprint density at radius 2 is 1.92 bits per heavy atom. The van der Waals surface area contributed by atoms with E-state index in [0.717, 1.165) is 22.3 Å². The predicted molar refractivity (Wildman–Crippen MR) is 98.1 cm³/mol. The first-order chi connectivity index (χ1) is 12.1. The van der Waals surface area contributed by atoms with Crippen molar-refractivity contribution in [2.45, 2.75) is 25.9 Å². The molecule has 2 atom stereocenters. The zero-order valence-corrected chi connectivity index (χ0v) is 14.8. The van der Waals surface area contributed by atoms with E-state index in [4.69, 9.17) is 4.42 Å². The van der Waals surface area contributed by atoms with Gasteiger partial charge in [0, 0.05) is 30.9 Å². The van der Waals surface area contributed by atoms with Gasteiger partial charge >= 0.3 is 0 Å². The van der Waals surface area contributed by atoms with Crippen LogP contribution >= 0.6 is 0 Å². The van der Waals surface area contributed by atoms with Gasteiger partial charge in [0.2, 0.25) is 5.91 Å². The number of fused-ring (bicyclic) bond motifs is 1. The van der Waals surface area contributed by atoms with E-state index < -0.39 is 0 Å². The first kappa shape index (κ1) is 17.2. The summed E-state index contributed by atoms with van der Waals surface area (Å²) in [5.74, 6) is 0.813. The topological polar surface area (TPSA) is 58.4 Å². The molecule has 3 aromatic rings. The molecule has 0 saturated carbocycles. The van der Waals surface area contributed by atoms with Gasteiger partial charge in [-0.1, -0.05) is 18.2 Å². The van der Waals surface area contributed by atoms with Gasteiger partial charge in [-0.3, -0.25) is 9.78 Å². The lowest BCUT2D eigenvalue weighted by atomic mass is 10.1. The largest absolute Gasteiger partial charge is 0.459 e. The number of carbonyl (C=O) groups is 1. The van der Waals surface area contributed by atoms with Crippen LogP contribution in [0.1, 0.15) is 37.3 Å². The number of likely N-dealkylation sites (N-methyl/N-ethyl adjacent to an activating group) is 1. The fourth-order valence-electron chi connectivity index (χ4n) is 2.75. The molecular weight excluding hydrogens is 314 g/mol. The van der Waals surface area contributed by atoms with Crippen LogP contribution in [0.25, 0.3) is 11.0 Å². The highest BCUT2D eigenvalue weighted by atomic mass is 16.3. The van der Waals surface area contributed by atoms with Crippen LogP contribution in [-0.4, -0.2) is 29.4 Å². The minimum absolute atomic E-state index is 0.0221. The van der Waals surface area contributed by atoms with Gasteiger partial charge in [-0.15, -0.1) is 0 Å². The molecule has 2 heterocycles. The lowest BCUT2D eigenvalue weighted by Crippen LogP contribution is -2.37. The molecule has 0 aliphatic carbocycles. The first-order valence-electron chi connectivity index (χ1n) is 8.43. The summed E-state index contributed by atoms with van der Waals surface area (Å²) in [4.78, 5) is 18.2. The van der Waals surface area contributed by atoms with Crippen LogP contribution in [-0.2, 0) is 4.79 Å². The molecule has 0 saturated heterocycles. The number of para-hydroxylation sites is 1. The molecule has 0 spiro atoms. The van der Waals surface area contributed by atoms with Crippen LogP contribution in [0.15, 0.2) is 59.3 Å². The summed E-state index contributed by atoms with van der Waals surface area (Å²) < 4.78 is 5.87. The van der Waals surface area contributed by atoms with Gasteiger partial charge in [0.1, 0.15) is 11.3 Å². The molecule has 1 amide bonds. The molecule has 3 rings (SSSR count). The number of amides is 1. The molecule has 0 radical (unpaired) electrons. The fraction of sp³-hybridized carbons (Fsp3) is 0.300. The lowest BCUT2D eigenvalue weighted by Gasteiger charge is -2.24. The van der Waals surface area contributed by atoms with E-state index in [1.165, 1.54) is 0 Å². The number of pyridine rings is 1. The fourth-order valence-corrected chi connectivity index (χ4v) is 2.75. The first-order valence-corrected chi connectivity index (χ1v) is 8.43. The highest BCUT2D eigenvalue weighted by Gasteiger charge is 2.21. The second-order valence-corrected chi connectivity index (χ2v) is 6.25. The van der Waals surface area contributed by atoms with Crippen molar-refractivity contribution < 1.29 is 9.21 Å². The molecule has 1 aromatic carbocycles. The summed E-state index contributed by atoms with van der Waals surface area (Å²) in [5.41, 5.74) is 1.95. The summed E-state index contributed by atoms with van der Waals surface area (Å²) in [7, 11) is 1.80. The molecule has 2 aromatic heterocycles. The Balaban J connectivity index is 1.61. The Hall–Kier alpha value is -2.66. The van der Waals surface area contributed by atoms with Gasteiger partial charge < -0.3 is 14.6 Å². The molecule has 5 nitrogen and oxygen atoms in total. The van der Waals surface area contributed by atoms with E-state index in [1.54, 1.807) is 24.3 Å². The third-order valence-corrected chi connectivity index (χ3v) is 4.60. The SMILES string of the molecule is C[C@@H](NCC(=O)N(C)[C@@H](C)c1cc2ccccc2o1)c1ccncc1. The van der Waals surface area contributed by atoms with Gasteiger partial charge in [-0.2, -0.15) is 0 Å². The van der Waals surface area contributed by atoms with Crippen molar-refractivity contribution in [1.29, 1.82) is 0 Å². The third-order valence-electron chi connectivity index (χ3n) is 4.60. The quantitative estimate of drug-likeness (QED) is 0.745. The second-order valence-electron chi connectivity index (χ2n) is 6.25. The molecule has 0 bridgehead atoms. The van der Waals surface area contributed by atoms with E-state index in [9.17, 15) is 4.79 Å².